The summed E-state index contributed by atoms with van der Waals surface area (Å²) in [6.45, 7) is 5.94. The molecule has 0 spiro atoms. The molecule has 0 saturated heterocycles. The van der Waals surface area contributed by atoms with Crippen molar-refractivity contribution in [3.8, 4) is 5.75 Å². The van der Waals surface area contributed by atoms with Gasteiger partial charge in [0, 0.05) is 22.6 Å². The SMILES string of the molecule is CC[C@H](C(=O)N[C@@H](C)CC)N(Cc1ccc(Cl)cc1)C(=O)COc1ccc(Cl)cc1. The standard InChI is InChI=1S/C23H28Cl2N2O3/c1-4-16(3)26-23(29)21(5-2)27(14-17-6-8-18(24)9-7-17)22(28)15-30-20-12-10-19(25)11-13-20/h6-13,16,21H,4-5,14-15H2,1-3H3,(H,26,29)/t16-,21+/m0/s1. The minimum atomic E-state index is -0.601. The Bertz CT molecular complexity index is 825. The van der Waals surface area contributed by atoms with E-state index in [9.17, 15) is 9.59 Å². The molecule has 0 radical (unpaired) electrons. The lowest BCUT2D eigenvalue weighted by Gasteiger charge is -2.31. The maximum atomic E-state index is 13.1. The molecule has 5 nitrogen and oxygen atoms in total. The summed E-state index contributed by atoms with van der Waals surface area (Å²) < 4.78 is 5.63. The van der Waals surface area contributed by atoms with Crippen LogP contribution in [0.1, 0.15) is 39.2 Å². The molecule has 30 heavy (non-hydrogen) atoms. The van der Waals surface area contributed by atoms with Gasteiger partial charge in [0.05, 0.1) is 0 Å². The van der Waals surface area contributed by atoms with E-state index in [1.165, 1.54) is 0 Å². The Morgan fingerprint density at radius 1 is 0.967 bits per heavy atom. The maximum absolute atomic E-state index is 13.1. The molecule has 2 atom stereocenters. The normalized spacial score (nSPS) is 12.7. The second-order valence-corrected chi connectivity index (χ2v) is 8.01. The van der Waals surface area contributed by atoms with E-state index in [-0.39, 0.29) is 31.0 Å². The minimum Gasteiger partial charge on any atom is -0.484 e. The molecule has 0 fully saturated rings. The molecule has 7 heteroatoms. The average Bonchev–Trinajstić information content (AvgIpc) is 2.74. The molecule has 0 unspecified atom stereocenters. The van der Waals surface area contributed by atoms with Gasteiger partial charge >= 0.3 is 0 Å². The summed E-state index contributed by atoms with van der Waals surface area (Å²) in [6.07, 6.45) is 1.30. The Morgan fingerprint density at radius 2 is 1.53 bits per heavy atom. The number of nitrogens with one attached hydrogen (secondary N) is 1. The Hall–Kier alpha value is -2.24. The van der Waals surface area contributed by atoms with E-state index >= 15 is 0 Å². The van der Waals surface area contributed by atoms with Crippen LogP contribution in [0, 0.1) is 0 Å². The number of hydrogen-bond acceptors (Lipinski definition) is 3. The largest absolute Gasteiger partial charge is 0.484 e. The number of benzene rings is 2. The third kappa shape index (κ3) is 7.22. The van der Waals surface area contributed by atoms with Gasteiger partial charge < -0.3 is 15.0 Å². The summed E-state index contributed by atoms with van der Waals surface area (Å²) in [5.41, 5.74) is 0.883. The van der Waals surface area contributed by atoms with Crippen LogP contribution in [0.5, 0.6) is 5.75 Å². The molecule has 2 amide bonds. The average molecular weight is 451 g/mol. The Morgan fingerprint density at radius 3 is 2.07 bits per heavy atom. The quantitative estimate of drug-likeness (QED) is 0.547. The second-order valence-electron chi connectivity index (χ2n) is 7.13. The smallest absolute Gasteiger partial charge is 0.261 e. The highest BCUT2D eigenvalue weighted by atomic mass is 35.5. The van der Waals surface area contributed by atoms with E-state index in [0.29, 0.717) is 22.2 Å². The Labute approximate surface area is 188 Å². The lowest BCUT2D eigenvalue weighted by Crippen LogP contribution is -2.51. The first kappa shape index (κ1) is 24.0. The van der Waals surface area contributed by atoms with Gasteiger partial charge in [-0.3, -0.25) is 9.59 Å². The summed E-state index contributed by atoms with van der Waals surface area (Å²) in [7, 11) is 0. The van der Waals surface area contributed by atoms with Crippen LogP contribution >= 0.6 is 23.2 Å². The zero-order valence-electron chi connectivity index (χ0n) is 17.5. The number of hydrogen-bond donors (Lipinski definition) is 1. The van der Waals surface area contributed by atoms with Crippen LogP contribution in [0.2, 0.25) is 10.0 Å². The van der Waals surface area contributed by atoms with Gasteiger partial charge in [0.15, 0.2) is 6.61 Å². The number of rotatable bonds is 10. The molecule has 162 valence electrons. The molecular formula is C23H28Cl2N2O3. The number of halogens is 2. The molecule has 0 aliphatic rings. The van der Waals surface area contributed by atoms with E-state index < -0.39 is 6.04 Å². The van der Waals surface area contributed by atoms with Gasteiger partial charge in [-0.15, -0.1) is 0 Å². The van der Waals surface area contributed by atoms with Crippen molar-refractivity contribution in [2.75, 3.05) is 6.61 Å². The molecule has 2 aromatic carbocycles. The van der Waals surface area contributed by atoms with Gasteiger partial charge in [0.2, 0.25) is 5.91 Å². The fraction of sp³-hybridized carbons (Fsp3) is 0.391. The van der Waals surface area contributed by atoms with Gasteiger partial charge in [-0.05, 0) is 61.7 Å². The highest BCUT2D eigenvalue weighted by Gasteiger charge is 2.29. The maximum Gasteiger partial charge on any atom is 0.261 e. The van der Waals surface area contributed by atoms with Gasteiger partial charge in [-0.25, -0.2) is 0 Å². The number of ether oxygens (including phenoxy) is 1. The molecule has 0 saturated carbocycles. The van der Waals surface area contributed by atoms with Gasteiger partial charge in [0.25, 0.3) is 5.91 Å². The van der Waals surface area contributed by atoms with E-state index in [1.807, 2.05) is 32.9 Å². The second kappa shape index (κ2) is 11.8. The third-order valence-electron chi connectivity index (χ3n) is 4.83. The van der Waals surface area contributed by atoms with Gasteiger partial charge in [-0.1, -0.05) is 49.2 Å². The molecule has 0 heterocycles. The van der Waals surface area contributed by atoms with Crippen molar-refractivity contribution in [3.63, 3.8) is 0 Å². The zero-order valence-corrected chi connectivity index (χ0v) is 19.0. The first-order chi connectivity index (χ1) is 14.3. The van der Waals surface area contributed by atoms with Crippen molar-refractivity contribution in [3.05, 3.63) is 64.1 Å². The van der Waals surface area contributed by atoms with Crippen molar-refractivity contribution in [1.82, 2.24) is 10.2 Å². The molecule has 0 aromatic heterocycles. The van der Waals surface area contributed by atoms with Crippen molar-refractivity contribution < 1.29 is 14.3 Å². The zero-order chi connectivity index (χ0) is 22.1. The van der Waals surface area contributed by atoms with Crippen molar-refractivity contribution in [2.24, 2.45) is 0 Å². The number of nitrogens with zero attached hydrogens (tertiary/aromatic N) is 1. The molecule has 0 bridgehead atoms. The first-order valence-electron chi connectivity index (χ1n) is 10.1. The number of carbonyl (C=O) groups is 2. The number of amides is 2. The van der Waals surface area contributed by atoms with Crippen LogP contribution in [0.4, 0.5) is 0 Å². The summed E-state index contributed by atoms with van der Waals surface area (Å²) in [5.74, 6) is 0.100. The summed E-state index contributed by atoms with van der Waals surface area (Å²) in [4.78, 5) is 27.5. The van der Waals surface area contributed by atoms with Crippen LogP contribution < -0.4 is 10.1 Å². The number of carbonyl (C=O) groups excluding carboxylic acids is 2. The van der Waals surface area contributed by atoms with E-state index in [4.69, 9.17) is 27.9 Å². The predicted octanol–water partition coefficient (Wildman–Crippen LogP) is 5.09. The van der Waals surface area contributed by atoms with Crippen LogP contribution in [-0.2, 0) is 16.1 Å². The third-order valence-corrected chi connectivity index (χ3v) is 5.33. The van der Waals surface area contributed by atoms with E-state index in [0.717, 1.165) is 12.0 Å². The van der Waals surface area contributed by atoms with Crippen molar-refractivity contribution in [1.29, 1.82) is 0 Å². The Kier molecular flexibility index (Phi) is 9.47. The van der Waals surface area contributed by atoms with Gasteiger partial charge in [-0.2, -0.15) is 0 Å². The fourth-order valence-electron chi connectivity index (χ4n) is 2.91. The minimum absolute atomic E-state index is 0.0318. The van der Waals surface area contributed by atoms with Crippen LogP contribution in [0.3, 0.4) is 0 Å². The topological polar surface area (TPSA) is 58.6 Å². The molecule has 2 aromatic rings. The van der Waals surface area contributed by atoms with Gasteiger partial charge in [0.1, 0.15) is 11.8 Å². The van der Waals surface area contributed by atoms with E-state index in [2.05, 4.69) is 5.32 Å². The summed E-state index contributed by atoms with van der Waals surface area (Å²) >= 11 is 11.9. The Balaban J connectivity index is 2.19. The lowest BCUT2D eigenvalue weighted by molar-refractivity contribution is -0.143. The monoisotopic (exact) mass is 450 g/mol. The molecule has 0 aliphatic carbocycles. The fourth-order valence-corrected chi connectivity index (χ4v) is 3.16. The summed E-state index contributed by atoms with van der Waals surface area (Å²) in [5, 5.41) is 4.19. The van der Waals surface area contributed by atoms with E-state index in [1.54, 1.807) is 41.3 Å². The summed E-state index contributed by atoms with van der Waals surface area (Å²) in [6, 6.07) is 13.5. The van der Waals surface area contributed by atoms with Crippen LogP contribution in [0.25, 0.3) is 0 Å². The highest BCUT2D eigenvalue weighted by Crippen LogP contribution is 2.18. The lowest BCUT2D eigenvalue weighted by atomic mass is 10.1. The van der Waals surface area contributed by atoms with Crippen molar-refractivity contribution >= 4 is 35.0 Å². The molecule has 2 rings (SSSR count). The van der Waals surface area contributed by atoms with Crippen LogP contribution in [0.15, 0.2) is 48.5 Å². The molecular weight excluding hydrogens is 423 g/mol. The molecule has 0 aliphatic heterocycles. The van der Waals surface area contributed by atoms with Crippen LogP contribution in [-0.4, -0.2) is 35.4 Å². The molecule has 1 N–H and O–H groups in total. The first-order valence-corrected chi connectivity index (χ1v) is 10.8. The predicted molar refractivity (Wildman–Crippen MR) is 121 cm³/mol. The highest BCUT2D eigenvalue weighted by molar-refractivity contribution is 6.30. The van der Waals surface area contributed by atoms with Crippen molar-refractivity contribution in [2.45, 2.75) is 52.2 Å².